The van der Waals surface area contributed by atoms with Gasteiger partial charge in [0.05, 0.1) is 6.61 Å². The highest BCUT2D eigenvalue weighted by molar-refractivity contribution is 14.1. The average molecular weight is 324 g/mol. The molecule has 1 heterocycles. The van der Waals surface area contributed by atoms with Gasteiger partial charge in [-0.3, -0.25) is 0 Å². The fraction of sp³-hybridized carbons (Fsp3) is 0.833. The molecule has 3 heteroatoms. The number of hydrogen-bond acceptors (Lipinski definition) is 2. The Morgan fingerprint density at radius 1 is 1.53 bits per heavy atom. The molecule has 0 aliphatic carbocycles. The van der Waals surface area contributed by atoms with E-state index < -0.39 is 0 Å². The molecule has 2 nitrogen and oxygen atoms in total. The molecule has 88 valence electrons. The van der Waals surface area contributed by atoms with Crippen molar-refractivity contribution >= 4 is 22.6 Å². The number of rotatable bonds is 6. The highest BCUT2D eigenvalue weighted by Crippen LogP contribution is 2.14. The third-order valence-corrected chi connectivity index (χ3v) is 3.16. The van der Waals surface area contributed by atoms with Gasteiger partial charge in [0.15, 0.2) is 6.29 Å². The van der Waals surface area contributed by atoms with Gasteiger partial charge in [0.2, 0.25) is 0 Å². The summed E-state index contributed by atoms with van der Waals surface area (Å²) in [5.41, 5.74) is 1.43. The van der Waals surface area contributed by atoms with E-state index in [1.54, 1.807) is 0 Å². The molecule has 0 aromatic heterocycles. The van der Waals surface area contributed by atoms with Gasteiger partial charge in [-0.05, 0) is 39.0 Å². The first-order valence-corrected chi connectivity index (χ1v) is 7.30. The first kappa shape index (κ1) is 13.5. The summed E-state index contributed by atoms with van der Waals surface area (Å²) >= 11 is 2.40. The Kier molecular flexibility index (Phi) is 7.65. The molecule has 1 saturated heterocycles. The van der Waals surface area contributed by atoms with E-state index in [-0.39, 0.29) is 6.29 Å². The maximum absolute atomic E-state index is 5.67. The predicted molar refractivity (Wildman–Crippen MR) is 71.4 cm³/mol. The normalized spacial score (nSPS) is 23.1. The van der Waals surface area contributed by atoms with E-state index in [4.69, 9.17) is 9.47 Å². The van der Waals surface area contributed by atoms with Crippen molar-refractivity contribution in [1.82, 2.24) is 0 Å². The lowest BCUT2D eigenvalue weighted by Crippen LogP contribution is -2.22. The topological polar surface area (TPSA) is 18.5 Å². The first-order chi connectivity index (χ1) is 7.33. The molecule has 0 spiro atoms. The quantitative estimate of drug-likeness (QED) is 0.421. The van der Waals surface area contributed by atoms with Crippen molar-refractivity contribution in [3.05, 3.63) is 11.6 Å². The van der Waals surface area contributed by atoms with Crippen molar-refractivity contribution in [1.29, 1.82) is 0 Å². The lowest BCUT2D eigenvalue weighted by Gasteiger charge is -2.22. The molecular weight excluding hydrogens is 303 g/mol. The standard InChI is InChI=1S/C12H21IO2/c1-11(5-4-8-13)7-10-15-12-6-2-3-9-14-12/h5,12H,2-4,6-10H2,1H3/b11-5+. The van der Waals surface area contributed by atoms with Crippen molar-refractivity contribution in [2.75, 3.05) is 17.6 Å². The van der Waals surface area contributed by atoms with Gasteiger partial charge in [-0.25, -0.2) is 0 Å². The minimum absolute atomic E-state index is 0.0659. The van der Waals surface area contributed by atoms with Gasteiger partial charge in [0.1, 0.15) is 0 Å². The molecule has 0 amide bonds. The number of hydrogen-bond donors (Lipinski definition) is 0. The van der Waals surface area contributed by atoms with Crippen LogP contribution in [0.5, 0.6) is 0 Å². The van der Waals surface area contributed by atoms with Crippen molar-refractivity contribution in [3.8, 4) is 0 Å². The molecule has 1 atom stereocenters. The summed E-state index contributed by atoms with van der Waals surface area (Å²) in [5, 5.41) is 0. The predicted octanol–water partition coefficient (Wildman–Crippen LogP) is 3.69. The summed E-state index contributed by atoms with van der Waals surface area (Å²) in [6, 6.07) is 0. The summed E-state index contributed by atoms with van der Waals surface area (Å²) in [6.45, 7) is 3.85. The van der Waals surface area contributed by atoms with Crippen molar-refractivity contribution in [3.63, 3.8) is 0 Å². The Balaban J connectivity index is 2.04. The molecule has 1 fully saturated rings. The summed E-state index contributed by atoms with van der Waals surface area (Å²) in [7, 11) is 0. The molecule has 0 aromatic rings. The summed E-state index contributed by atoms with van der Waals surface area (Å²) in [6.07, 6.45) is 8.08. The van der Waals surface area contributed by atoms with E-state index in [9.17, 15) is 0 Å². The number of alkyl halides is 1. The van der Waals surface area contributed by atoms with E-state index in [1.807, 2.05) is 0 Å². The average Bonchev–Trinajstić information content (AvgIpc) is 2.28. The van der Waals surface area contributed by atoms with Crippen LogP contribution in [0.2, 0.25) is 0 Å². The second kappa shape index (κ2) is 8.53. The van der Waals surface area contributed by atoms with Crippen LogP contribution in [-0.2, 0) is 9.47 Å². The molecule has 0 bridgehead atoms. The lowest BCUT2D eigenvalue weighted by molar-refractivity contribution is -0.161. The highest BCUT2D eigenvalue weighted by atomic mass is 127. The van der Waals surface area contributed by atoms with Crippen LogP contribution in [0.25, 0.3) is 0 Å². The number of allylic oxidation sites excluding steroid dienone is 1. The van der Waals surface area contributed by atoms with Gasteiger partial charge in [0, 0.05) is 11.0 Å². The van der Waals surface area contributed by atoms with Crippen LogP contribution in [-0.4, -0.2) is 23.9 Å². The van der Waals surface area contributed by atoms with Gasteiger partial charge in [-0.1, -0.05) is 34.2 Å². The van der Waals surface area contributed by atoms with Crippen LogP contribution >= 0.6 is 22.6 Å². The molecule has 1 unspecified atom stereocenters. The van der Waals surface area contributed by atoms with Crippen molar-refractivity contribution < 1.29 is 9.47 Å². The largest absolute Gasteiger partial charge is 0.353 e. The minimum atomic E-state index is 0.0659. The fourth-order valence-electron chi connectivity index (χ4n) is 1.60. The van der Waals surface area contributed by atoms with Crippen LogP contribution in [0.15, 0.2) is 11.6 Å². The summed E-state index contributed by atoms with van der Waals surface area (Å²) < 4.78 is 12.4. The first-order valence-electron chi connectivity index (χ1n) is 5.77. The van der Waals surface area contributed by atoms with Crippen LogP contribution in [0.3, 0.4) is 0 Å². The Morgan fingerprint density at radius 3 is 3.07 bits per heavy atom. The van der Waals surface area contributed by atoms with E-state index in [2.05, 4.69) is 35.6 Å². The van der Waals surface area contributed by atoms with E-state index in [1.165, 1.54) is 29.3 Å². The Bertz CT molecular complexity index is 186. The van der Waals surface area contributed by atoms with Crippen LogP contribution in [0, 0.1) is 0 Å². The van der Waals surface area contributed by atoms with Gasteiger partial charge in [-0.15, -0.1) is 0 Å². The van der Waals surface area contributed by atoms with E-state index >= 15 is 0 Å². The summed E-state index contributed by atoms with van der Waals surface area (Å²) in [5.74, 6) is 0. The van der Waals surface area contributed by atoms with Gasteiger partial charge >= 0.3 is 0 Å². The third kappa shape index (κ3) is 6.53. The zero-order chi connectivity index (χ0) is 10.9. The Hall–Kier alpha value is 0.390. The van der Waals surface area contributed by atoms with E-state index in [0.29, 0.717) is 0 Å². The number of halogens is 1. The SMILES string of the molecule is C/C(=C\CCI)CCOC1CCCCO1. The second-order valence-corrected chi connectivity index (χ2v) is 5.02. The molecule has 0 radical (unpaired) electrons. The highest BCUT2D eigenvalue weighted by Gasteiger charge is 2.13. The third-order valence-electron chi connectivity index (χ3n) is 2.54. The molecule has 0 saturated carbocycles. The lowest BCUT2D eigenvalue weighted by atomic mass is 10.2. The molecule has 1 rings (SSSR count). The van der Waals surface area contributed by atoms with Crippen molar-refractivity contribution in [2.45, 2.75) is 45.3 Å². The minimum Gasteiger partial charge on any atom is -0.353 e. The second-order valence-electron chi connectivity index (χ2n) is 3.95. The molecule has 0 aromatic carbocycles. The zero-order valence-electron chi connectivity index (χ0n) is 9.51. The maximum atomic E-state index is 5.67. The molecule has 1 aliphatic heterocycles. The maximum Gasteiger partial charge on any atom is 0.157 e. The van der Waals surface area contributed by atoms with Gasteiger partial charge in [-0.2, -0.15) is 0 Å². The van der Waals surface area contributed by atoms with Gasteiger partial charge < -0.3 is 9.47 Å². The Labute approximate surface area is 107 Å². The summed E-state index contributed by atoms with van der Waals surface area (Å²) in [4.78, 5) is 0. The monoisotopic (exact) mass is 324 g/mol. The Morgan fingerprint density at radius 2 is 2.40 bits per heavy atom. The van der Waals surface area contributed by atoms with Crippen LogP contribution in [0.4, 0.5) is 0 Å². The molecular formula is C12H21IO2. The molecule has 0 N–H and O–H groups in total. The molecule has 15 heavy (non-hydrogen) atoms. The van der Waals surface area contributed by atoms with E-state index in [0.717, 1.165) is 26.1 Å². The smallest absolute Gasteiger partial charge is 0.157 e. The number of ether oxygens (including phenoxy) is 2. The van der Waals surface area contributed by atoms with Gasteiger partial charge in [0.25, 0.3) is 0 Å². The van der Waals surface area contributed by atoms with Crippen LogP contribution < -0.4 is 0 Å². The fourth-order valence-corrected chi connectivity index (χ4v) is 1.91. The zero-order valence-corrected chi connectivity index (χ0v) is 11.7. The van der Waals surface area contributed by atoms with Crippen molar-refractivity contribution in [2.24, 2.45) is 0 Å². The van der Waals surface area contributed by atoms with Crippen LogP contribution in [0.1, 0.15) is 39.0 Å². The molecule has 1 aliphatic rings.